The second kappa shape index (κ2) is 5.99. The molecule has 1 heterocycles. The van der Waals surface area contributed by atoms with E-state index in [1.807, 2.05) is 18.2 Å². The highest BCUT2D eigenvalue weighted by atomic mass is 16.5. The van der Waals surface area contributed by atoms with Crippen molar-refractivity contribution in [1.29, 1.82) is 0 Å². The monoisotopic (exact) mass is 220 g/mol. The van der Waals surface area contributed by atoms with Crippen LogP contribution < -0.4 is 5.73 Å². The number of hydrogen-bond donors (Lipinski definition) is 1. The average molecular weight is 220 g/mol. The fourth-order valence-corrected chi connectivity index (χ4v) is 2.01. The van der Waals surface area contributed by atoms with Gasteiger partial charge in [0.1, 0.15) is 0 Å². The molecule has 1 saturated heterocycles. The molecular formula is C13H20N2O. The van der Waals surface area contributed by atoms with Crippen molar-refractivity contribution in [2.75, 3.05) is 32.8 Å². The Labute approximate surface area is 97.2 Å². The lowest BCUT2D eigenvalue weighted by Crippen LogP contribution is -2.37. The molecule has 0 amide bonds. The minimum absolute atomic E-state index is 0.157. The smallest absolute Gasteiger partial charge is 0.0594 e. The zero-order valence-corrected chi connectivity index (χ0v) is 9.64. The summed E-state index contributed by atoms with van der Waals surface area (Å²) in [4.78, 5) is 2.42. The predicted molar refractivity (Wildman–Crippen MR) is 65.2 cm³/mol. The number of morpholine rings is 1. The Kier molecular flexibility index (Phi) is 4.34. The first kappa shape index (κ1) is 11.6. The van der Waals surface area contributed by atoms with E-state index in [9.17, 15) is 0 Å². The number of ether oxygens (including phenoxy) is 1. The molecule has 0 aliphatic carbocycles. The Bertz CT molecular complexity index is 296. The van der Waals surface area contributed by atoms with E-state index in [1.165, 1.54) is 5.56 Å². The quantitative estimate of drug-likeness (QED) is 0.833. The fraction of sp³-hybridized carbons (Fsp3) is 0.538. The molecule has 2 N–H and O–H groups in total. The molecule has 3 nitrogen and oxygen atoms in total. The first-order valence-electron chi connectivity index (χ1n) is 5.97. The highest BCUT2D eigenvalue weighted by molar-refractivity contribution is 5.18. The molecule has 1 aliphatic rings. The van der Waals surface area contributed by atoms with Crippen molar-refractivity contribution in [1.82, 2.24) is 4.90 Å². The Morgan fingerprint density at radius 2 is 1.88 bits per heavy atom. The van der Waals surface area contributed by atoms with E-state index in [-0.39, 0.29) is 6.04 Å². The van der Waals surface area contributed by atoms with Gasteiger partial charge in [-0.2, -0.15) is 0 Å². The van der Waals surface area contributed by atoms with Crippen LogP contribution >= 0.6 is 0 Å². The number of hydrogen-bond acceptors (Lipinski definition) is 3. The summed E-state index contributed by atoms with van der Waals surface area (Å²) < 4.78 is 5.32. The van der Waals surface area contributed by atoms with Crippen LogP contribution in [-0.4, -0.2) is 37.7 Å². The molecule has 1 aromatic carbocycles. The van der Waals surface area contributed by atoms with Gasteiger partial charge in [0.25, 0.3) is 0 Å². The molecule has 88 valence electrons. The molecule has 0 saturated carbocycles. The number of rotatable bonds is 4. The van der Waals surface area contributed by atoms with E-state index < -0.39 is 0 Å². The summed E-state index contributed by atoms with van der Waals surface area (Å²) >= 11 is 0. The van der Waals surface area contributed by atoms with E-state index in [0.29, 0.717) is 0 Å². The van der Waals surface area contributed by atoms with Gasteiger partial charge in [-0.15, -0.1) is 0 Å². The molecule has 1 aromatic rings. The van der Waals surface area contributed by atoms with Crippen LogP contribution in [0.15, 0.2) is 30.3 Å². The third-order valence-corrected chi connectivity index (χ3v) is 3.09. The van der Waals surface area contributed by atoms with E-state index in [4.69, 9.17) is 10.5 Å². The first-order chi connectivity index (χ1) is 7.86. The van der Waals surface area contributed by atoms with E-state index in [2.05, 4.69) is 17.0 Å². The van der Waals surface area contributed by atoms with E-state index >= 15 is 0 Å². The van der Waals surface area contributed by atoms with Crippen LogP contribution in [0, 0.1) is 0 Å². The molecule has 0 radical (unpaired) electrons. The standard InChI is InChI=1S/C13H20N2O/c14-13(12-4-2-1-3-5-12)6-7-15-8-10-16-11-9-15/h1-5,13H,6-11,14H2. The highest BCUT2D eigenvalue weighted by Crippen LogP contribution is 2.14. The molecule has 0 aromatic heterocycles. The van der Waals surface area contributed by atoms with Crippen LogP contribution in [0.3, 0.4) is 0 Å². The van der Waals surface area contributed by atoms with Gasteiger partial charge in [-0.1, -0.05) is 30.3 Å². The fourth-order valence-electron chi connectivity index (χ4n) is 2.01. The maximum atomic E-state index is 6.15. The van der Waals surface area contributed by atoms with Crippen molar-refractivity contribution in [2.45, 2.75) is 12.5 Å². The third kappa shape index (κ3) is 3.30. The minimum atomic E-state index is 0.157. The molecular weight excluding hydrogens is 200 g/mol. The van der Waals surface area contributed by atoms with Gasteiger partial charge in [0.2, 0.25) is 0 Å². The minimum Gasteiger partial charge on any atom is -0.379 e. The van der Waals surface area contributed by atoms with Gasteiger partial charge in [-0.05, 0) is 12.0 Å². The molecule has 0 spiro atoms. The lowest BCUT2D eigenvalue weighted by atomic mass is 10.0. The Balaban J connectivity index is 1.77. The maximum Gasteiger partial charge on any atom is 0.0594 e. The van der Waals surface area contributed by atoms with Gasteiger partial charge in [-0.25, -0.2) is 0 Å². The topological polar surface area (TPSA) is 38.5 Å². The van der Waals surface area contributed by atoms with Gasteiger partial charge in [0, 0.05) is 25.7 Å². The zero-order chi connectivity index (χ0) is 11.2. The first-order valence-corrected chi connectivity index (χ1v) is 5.97. The predicted octanol–water partition coefficient (Wildman–Crippen LogP) is 1.41. The summed E-state index contributed by atoms with van der Waals surface area (Å²) in [6, 6.07) is 10.5. The molecule has 1 atom stereocenters. The van der Waals surface area contributed by atoms with Crippen LogP contribution in [0.4, 0.5) is 0 Å². The van der Waals surface area contributed by atoms with Crippen molar-refractivity contribution in [3.05, 3.63) is 35.9 Å². The number of nitrogens with two attached hydrogens (primary N) is 1. The summed E-state index contributed by atoms with van der Waals surface area (Å²) in [7, 11) is 0. The third-order valence-electron chi connectivity index (χ3n) is 3.09. The average Bonchev–Trinajstić information content (AvgIpc) is 2.38. The Morgan fingerprint density at radius 1 is 1.19 bits per heavy atom. The number of nitrogens with zero attached hydrogens (tertiary/aromatic N) is 1. The van der Waals surface area contributed by atoms with Crippen LogP contribution in [0.1, 0.15) is 18.0 Å². The normalized spacial score (nSPS) is 19.6. The zero-order valence-electron chi connectivity index (χ0n) is 9.64. The van der Waals surface area contributed by atoms with Crippen LogP contribution in [0.5, 0.6) is 0 Å². The van der Waals surface area contributed by atoms with Gasteiger partial charge in [0.05, 0.1) is 13.2 Å². The summed E-state index contributed by atoms with van der Waals surface area (Å²) in [6.07, 6.45) is 1.02. The molecule has 0 bridgehead atoms. The molecule has 1 aliphatic heterocycles. The summed E-state index contributed by atoms with van der Waals surface area (Å²) in [5.74, 6) is 0. The Morgan fingerprint density at radius 3 is 2.56 bits per heavy atom. The van der Waals surface area contributed by atoms with E-state index in [0.717, 1.165) is 39.3 Å². The second-order valence-electron chi connectivity index (χ2n) is 4.26. The number of benzene rings is 1. The van der Waals surface area contributed by atoms with Gasteiger partial charge in [-0.3, -0.25) is 4.90 Å². The van der Waals surface area contributed by atoms with Crippen LogP contribution in [-0.2, 0) is 4.74 Å². The summed E-state index contributed by atoms with van der Waals surface area (Å²) in [5, 5.41) is 0. The van der Waals surface area contributed by atoms with Gasteiger partial charge >= 0.3 is 0 Å². The van der Waals surface area contributed by atoms with E-state index in [1.54, 1.807) is 0 Å². The Hall–Kier alpha value is -0.900. The molecule has 1 unspecified atom stereocenters. The van der Waals surface area contributed by atoms with Crippen molar-refractivity contribution in [2.24, 2.45) is 5.73 Å². The summed E-state index contributed by atoms with van der Waals surface area (Å²) in [6.45, 7) is 4.88. The van der Waals surface area contributed by atoms with Gasteiger partial charge in [0.15, 0.2) is 0 Å². The molecule has 16 heavy (non-hydrogen) atoms. The molecule has 1 fully saturated rings. The lowest BCUT2D eigenvalue weighted by Gasteiger charge is -2.27. The second-order valence-corrected chi connectivity index (χ2v) is 4.26. The van der Waals surface area contributed by atoms with Crippen LogP contribution in [0.25, 0.3) is 0 Å². The SMILES string of the molecule is NC(CCN1CCOCC1)c1ccccc1. The van der Waals surface area contributed by atoms with Crippen molar-refractivity contribution in [3.8, 4) is 0 Å². The van der Waals surface area contributed by atoms with Gasteiger partial charge < -0.3 is 10.5 Å². The van der Waals surface area contributed by atoms with Crippen molar-refractivity contribution in [3.63, 3.8) is 0 Å². The summed E-state index contributed by atoms with van der Waals surface area (Å²) in [5.41, 5.74) is 7.39. The lowest BCUT2D eigenvalue weighted by molar-refractivity contribution is 0.0366. The molecule has 2 rings (SSSR count). The van der Waals surface area contributed by atoms with Crippen molar-refractivity contribution < 1.29 is 4.74 Å². The maximum absolute atomic E-state index is 6.15. The van der Waals surface area contributed by atoms with Crippen LogP contribution in [0.2, 0.25) is 0 Å². The highest BCUT2D eigenvalue weighted by Gasteiger charge is 2.12. The molecule has 3 heteroatoms. The van der Waals surface area contributed by atoms with Crippen molar-refractivity contribution >= 4 is 0 Å². The largest absolute Gasteiger partial charge is 0.379 e.